The van der Waals surface area contributed by atoms with Crippen LogP contribution in [0.1, 0.15) is 49.7 Å². The third-order valence-electron chi connectivity index (χ3n) is 6.58. The molecule has 2 saturated carbocycles. The molecule has 8 nitrogen and oxygen atoms in total. The summed E-state index contributed by atoms with van der Waals surface area (Å²) in [6, 6.07) is 7.58. The number of carbonyl (C=O) groups is 2. The summed E-state index contributed by atoms with van der Waals surface area (Å²) < 4.78 is 25.4. The van der Waals surface area contributed by atoms with Gasteiger partial charge in [-0.15, -0.1) is 0 Å². The van der Waals surface area contributed by atoms with Gasteiger partial charge < -0.3 is 10.2 Å². The number of nitrogens with one attached hydrogen (secondary N) is 2. The smallest absolute Gasteiger partial charge is 0.229 e. The van der Waals surface area contributed by atoms with E-state index in [0.29, 0.717) is 50.9 Å². The molecule has 0 spiro atoms. The van der Waals surface area contributed by atoms with Crippen molar-refractivity contribution >= 4 is 27.5 Å². The number of fused-ring (bicyclic) bond motifs is 1. The molecule has 1 heterocycles. The molecule has 3 aliphatic rings. The van der Waals surface area contributed by atoms with Crippen LogP contribution in [0.25, 0.3) is 0 Å². The lowest BCUT2D eigenvalue weighted by Gasteiger charge is -2.36. The Morgan fingerprint density at radius 2 is 1.87 bits per heavy atom. The van der Waals surface area contributed by atoms with Crippen LogP contribution in [0.3, 0.4) is 0 Å². The number of hydrogen-bond donors (Lipinski definition) is 2. The van der Waals surface area contributed by atoms with Gasteiger partial charge in [-0.25, -0.2) is 8.42 Å². The molecular formula is C22H28N4O4S. The molecule has 4 rings (SSSR count). The Morgan fingerprint density at radius 3 is 2.52 bits per heavy atom. The fourth-order valence-corrected chi connectivity index (χ4v) is 5.27. The minimum Gasteiger partial charge on any atom is -0.338 e. The van der Waals surface area contributed by atoms with E-state index in [0.717, 1.165) is 30.2 Å². The number of amides is 2. The zero-order chi connectivity index (χ0) is 22.2. The number of rotatable bonds is 5. The van der Waals surface area contributed by atoms with Gasteiger partial charge in [-0.3, -0.25) is 14.3 Å². The zero-order valence-electron chi connectivity index (χ0n) is 17.7. The Labute approximate surface area is 183 Å². The molecule has 31 heavy (non-hydrogen) atoms. The quantitative estimate of drug-likeness (QED) is 0.719. The first-order valence-electron chi connectivity index (χ1n) is 10.8. The summed E-state index contributed by atoms with van der Waals surface area (Å²) >= 11 is 0. The summed E-state index contributed by atoms with van der Waals surface area (Å²) in [7, 11) is -3.34. The first-order chi connectivity index (χ1) is 14.7. The van der Waals surface area contributed by atoms with Gasteiger partial charge in [0.05, 0.1) is 12.3 Å². The van der Waals surface area contributed by atoms with Crippen molar-refractivity contribution in [2.75, 3.05) is 17.5 Å². The highest BCUT2D eigenvalue weighted by Crippen LogP contribution is 2.38. The minimum absolute atomic E-state index is 0.00522. The van der Waals surface area contributed by atoms with Crippen molar-refractivity contribution in [1.82, 2.24) is 10.2 Å². The van der Waals surface area contributed by atoms with Gasteiger partial charge in [-0.05, 0) is 55.4 Å². The predicted octanol–water partition coefficient (Wildman–Crippen LogP) is 1.92. The van der Waals surface area contributed by atoms with Crippen LogP contribution in [0, 0.1) is 23.2 Å². The molecule has 0 saturated heterocycles. The van der Waals surface area contributed by atoms with E-state index < -0.39 is 15.6 Å². The van der Waals surface area contributed by atoms with Crippen LogP contribution in [0.4, 0.5) is 5.69 Å². The molecule has 2 unspecified atom stereocenters. The molecule has 2 atom stereocenters. The van der Waals surface area contributed by atoms with E-state index in [-0.39, 0.29) is 23.7 Å². The van der Waals surface area contributed by atoms with Crippen molar-refractivity contribution < 1.29 is 18.0 Å². The molecule has 2 N–H and O–H groups in total. The van der Waals surface area contributed by atoms with Gasteiger partial charge >= 0.3 is 0 Å². The Hall–Kier alpha value is -2.60. The van der Waals surface area contributed by atoms with Crippen LogP contribution in [0.15, 0.2) is 18.2 Å². The molecular weight excluding hydrogens is 416 g/mol. The van der Waals surface area contributed by atoms with Gasteiger partial charge in [0, 0.05) is 30.6 Å². The first-order valence-corrected chi connectivity index (χ1v) is 12.7. The summed E-state index contributed by atoms with van der Waals surface area (Å²) in [6.07, 6.45) is 6.33. The summed E-state index contributed by atoms with van der Waals surface area (Å²) in [5.74, 6) is -0.887. The summed E-state index contributed by atoms with van der Waals surface area (Å²) in [4.78, 5) is 28.1. The Kier molecular flexibility index (Phi) is 5.69. The van der Waals surface area contributed by atoms with Crippen LogP contribution >= 0.6 is 0 Å². The largest absolute Gasteiger partial charge is 0.338 e. The number of anilines is 1. The third-order valence-corrected chi connectivity index (χ3v) is 7.19. The second-order valence-corrected chi connectivity index (χ2v) is 10.8. The van der Waals surface area contributed by atoms with E-state index in [9.17, 15) is 23.3 Å². The van der Waals surface area contributed by atoms with Crippen molar-refractivity contribution in [3.8, 4) is 6.07 Å². The molecule has 1 aliphatic heterocycles. The molecule has 166 valence electrons. The lowest BCUT2D eigenvalue weighted by molar-refractivity contribution is -0.144. The highest BCUT2D eigenvalue weighted by Gasteiger charge is 2.47. The summed E-state index contributed by atoms with van der Waals surface area (Å²) in [5.41, 5.74) is 1.83. The second kappa shape index (κ2) is 8.15. The lowest BCUT2D eigenvalue weighted by atomic mass is 9.77. The number of benzene rings is 1. The van der Waals surface area contributed by atoms with Gasteiger partial charge in [0.2, 0.25) is 21.8 Å². The molecule has 2 amide bonds. The van der Waals surface area contributed by atoms with E-state index in [1.54, 1.807) is 6.07 Å². The number of hydrogen-bond acceptors (Lipinski definition) is 5. The number of sulfonamides is 1. The average molecular weight is 445 g/mol. The van der Waals surface area contributed by atoms with E-state index in [1.165, 1.54) is 0 Å². The fourth-order valence-electron chi connectivity index (χ4n) is 4.71. The molecule has 1 aromatic carbocycles. The molecule has 9 heteroatoms. The molecule has 0 radical (unpaired) electrons. The molecule has 1 aromatic rings. The van der Waals surface area contributed by atoms with Crippen LogP contribution in [-0.4, -0.2) is 43.5 Å². The first kappa shape index (κ1) is 21.6. The Morgan fingerprint density at radius 1 is 1.16 bits per heavy atom. The van der Waals surface area contributed by atoms with Crippen molar-refractivity contribution in [2.24, 2.45) is 11.8 Å². The van der Waals surface area contributed by atoms with Crippen molar-refractivity contribution in [3.05, 3.63) is 29.3 Å². The van der Waals surface area contributed by atoms with Crippen LogP contribution in [-0.2, 0) is 32.6 Å². The predicted molar refractivity (Wildman–Crippen MR) is 115 cm³/mol. The third kappa shape index (κ3) is 4.85. The highest BCUT2D eigenvalue weighted by atomic mass is 32.2. The minimum atomic E-state index is -3.34. The lowest BCUT2D eigenvalue weighted by Crippen LogP contribution is -2.48. The number of nitriles is 1. The van der Waals surface area contributed by atoms with Crippen molar-refractivity contribution in [3.63, 3.8) is 0 Å². The number of carbonyl (C=O) groups excluding carboxylic acids is 2. The van der Waals surface area contributed by atoms with Gasteiger partial charge in [0.1, 0.15) is 5.54 Å². The van der Waals surface area contributed by atoms with Crippen LogP contribution in [0.2, 0.25) is 0 Å². The van der Waals surface area contributed by atoms with Gasteiger partial charge in [-0.1, -0.05) is 18.9 Å². The van der Waals surface area contributed by atoms with Gasteiger partial charge in [0.15, 0.2) is 0 Å². The Bertz CT molecular complexity index is 1040. The second-order valence-electron chi connectivity index (χ2n) is 9.05. The average Bonchev–Trinajstić information content (AvgIpc) is 3.51. The monoisotopic (exact) mass is 444 g/mol. The summed E-state index contributed by atoms with van der Waals surface area (Å²) in [5, 5.41) is 12.2. The maximum absolute atomic E-state index is 13.4. The van der Waals surface area contributed by atoms with E-state index in [2.05, 4.69) is 16.1 Å². The van der Waals surface area contributed by atoms with Gasteiger partial charge in [0.25, 0.3) is 0 Å². The topological polar surface area (TPSA) is 119 Å². The molecule has 2 aliphatic carbocycles. The zero-order valence-corrected chi connectivity index (χ0v) is 18.5. The molecule has 0 aromatic heterocycles. The van der Waals surface area contributed by atoms with Crippen LogP contribution in [0.5, 0.6) is 0 Å². The molecule has 0 bridgehead atoms. The van der Waals surface area contributed by atoms with Crippen molar-refractivity contribution in [1.29, 1.82) is 5.26 Å². The fraction of sp³-hybridized carbons (Fsp3) is 0.591. The van der Waals surface area contributed by atoms with E-state index in [4.69, 9.17) is 0 Å². The highest BCUT2D eigenvalue weighted by molar-refractivity contribution is 7.92. The van der Waals surface area contributed by atoms with E-state index in [1.807, 2.05) is 17.0 Å². The van der Waals surface area contributed by atoms with Crippen molar-refractivity contribution in [2.45, 2.75) is 57.0 Å². The van der Waals surface area contributed by atoms with Gasteiger partial charge in [-0.2, -0.15) is 5.26 Å². The maximum atomic E-state index is 13.4. The normalized spacial score (nSPS) is 24.5. The Balaban J connectivity index is 1.45. The van der Waals surface area contributed by atoms with Crippen LogP contribution < -0.4 is 10.0 Å². The maximum Gasteiger partial charge on any atom is 0.229 e. The standard InChI is InChI=1S/C22H28N4O4S/c1-31(29,30)25-17-7-6-16-13-26(11-8-15(16)12-17)21(28)19-5-3-2-4-18(19)20(27)24-22(14-23)9-10-22/h6-7,12,18-19,25H,2-5,8-11,13H2,1H3,(H,24,27). The molecule has 2 fully saturated rings. The van der Waals surface area contributed by atoms with E-state index >= 15 is 0 Å². The summed E-state index contributed by atoms with van der Waals surface area (Å²) in [6.45, 7) is 1.00. The SMILES string of the molecule is CS(=O)(=O)Nc1ccc2c(c1)CCN(C(=O)C1CCCCC1C(=O)NC1(C#N)CC1)C2. The number of nitrogens with zero attached hydrogens (tertiary/aromatic N) is 2.